The lowest BCUT2D eigenvalue weighted by Crippen LogP contribution is -2.06. The van der Waals surface area contributed by atoms with E-state index in [1.807, 2.05) is 53.2 Å². The Kier molecular flexibility index (Phi) is 5.56. The molecule has 1 N–H and O–H groups in total. The smallest absolute Gasteiger partial charge is 0.184 e. The molecule has 0 spiro atoms. The first-order valence-electron chi connectivity index (χ1n) is 9.79. The average molecular weight is 372 g/mol. The predicted octanol–water partition coefficient (Wildman–Crippen LogP) is 4.69. The molecule has 0 bridgehead atoms. The number of fused-ring (bicyclic) bond motifs is 1. The summed E-state index contributed by atoms with van der Waals surface area (Å²) in [5.74, 6) is 1.40. The summed E-state index contributed by atoms with van der Waals surface area (Å²) in [4.78, 5) is 9.54. The van der Waals surface area contributed by atoms with Crippen LogP contribution in [0.4, 0.5) is 5.82 Å². The molecule has 6 heteroatoms. The molecular weight excluding hydrogens is 348 g/mol. The first-order valence-corrected chi connectivity index (χ1v) is 9.79. The molecule has 0 atom stereocenters. The van der Waals surface area contributed by atoms with Crippen LogP contribution in [0.1, 0.15) is 31.7 Å². The Morgan fingerprint density at radius 3 is 2.39 bits per heavy atom. The Morgan fingerprint density at radius 1 is 0.893 bits per heavy atom. The van der Waals surface area contributed by atoms with Crippen LogP contribution in [-0.4, -0.2) is 25.0 Å². The summed E-state index contributed by atoms with van der Waals surface area (Å²) in [6, 6.07) is 20.3. The highest BCUT2D eigenvalue weighted by atomic mass is 15.4. The maximum atomic E-state index is 4.79. The molecule has 0 amide bonds. The van der Waals surface area contributed by atoms with Crippen LogP contribution in [0.15, 0.2) is 60.7 Å². The number of nitrogens with one attached hydrogen (secondary N) is 1. The molecule has 4 rings (SSSR count). The van der Waals surface area contributed by atoms with Crippen molar-refractivity contribution in [3.63, 3.8) is 0 Å². The Bertz CT molecular complexity index is 1030. The fraction of sp³-hybridized carbons (Fsp3) is 0.273. The molecule has 0 saturated heterocycles. The van der Waals surface area contributed by atoms with Crippen molar-refractivity contribution in [3.8, 4) is 11.4 Å². The third-order valence-corrected chi connectivity index (χ3v) is 4.67. The topological polar surface area (TPSA) is 68.5 Å². The molecule has 0 aliphatic heterocycles. The minimum atomic E-state index is 0.671. The van der Waals surface area contributed by atoms with Gasteiger partial charge in [-0.1, -0.05) is 85.6 Å². The highest BCUT2D eigenvalue weighted by Gasteiger charge is 2.15. The molecule has 0 unspecified atom stereocenters. The van der Waals surface area contributed by atoms with Gasteiger partial charge in [-0.25, -0.2) is 14.6 Å². The van der Waals surface area contributed by atoms with Gasteiger partial charge in [-0.2, -0.15) is 0 Å². The molecule has 0 radical (unpaired) electrons. The first kappa shape index (κ1) is 18.1. The minimum Gasteiger partial charge on any atom is -0.364 e. The number of rotatable bonds is 8. The normalized spacial score (nSPS) is 11.0. The molecule has 0 saturated carbocycles. The molecule has 2 heterocycles. The van der Waals surface area contributed by atoms with E-state index in [4.69, 9.17) is 9.97 Å². The van der Waals surface area contributed by atoms with Gasteiger partial charge in [0.15, 0.2) is 22.8 Å². The Labute approximate surface area is 164 Å². The SMILES string of the molecule is CCCCCn1nnc2c(NCc3ccccc3)nc(-c3ccccc3)nc21. The number of hydrogen-bond donors (Lipinski definition) is 1. The zero-order valence-electron chi connectivity index (χ0n) is 16.0. The zero-order chi connectivity index (χ0) is 19.2. The summed E-state index contributed by atoms with van der Waals surface area (Å²) in [7, 11) is 0. The van der Waals surface area contributed by atoms with E-state index in [2.05, 4.69) is 34.7 Å². The lowest BCUT2D eigenvalue weighted by atomic mass is 10.2. The Hall–Kier alpha value is -3.28. The average Bonchev–Trinajstić information content (AvgIpc) is 3.17. The highest BCUT2D eigenvalue weighted by molar-refractivity contribution is 5.84. The number of unbranched alkanes of at least 4 members (excludes halogenated alkanes) is 2. The van der Waals surface area contributed by atoms with Crippen molar-refractivity contribution in [2.75, 3.05) is 5.32 Å². The second-order valence-corrected chi connectivity index (χ2v) is 6.79. The van der Waals surface area contributed by atoms with Gasteiger partial charge in [0.05, 0.1) is 0 Å². The van der Waals surface area contributed by atoms with E-state index >= 15 is 0 Å². The van der Waals surface area contributed by atoms with Gasteiger partial charge in [-0.05, 0) is 12.0 Å². The van der Waals surface area contributed by atoms with Gasteiger partial charge in [0.25, 0.3) is 0 Å². The van der Waals surface area contributed by atoms with Gasteiger partial charge in [-0.3, -0.25) is 0 Å². The summed E-state index contributed by atoms with van der Waals surface area (Å²) in [5.41, 5.74) is 3.66. The van der Waals surface area contributed by atoms with Crippen LogP contribution in [0, 0.1) is 0 Å². The lowest BCUT2D eigenvalue weighted by Gasteiger charge is -2.09. The van der Waals surface area contributed by atoms with Gasteiger partial charge in [0.1, 0.15) is 0 Å². The molecule has 2 aromatic carbocycles. The summed E-state index contributed by atoms with van der Waals surface area (Å²) in [6.07, 6.45) is 3.39. The summed E-state index contributed by atoms with van der Waals surface area (Å²) >= 11 is 0. The second-order valence-electron chi connectivity index (χ2n) is 6.79. The number of anilines is 1. The van der Waals surface area contributed by atoms with Gasteiger partial charge >= 0.3 is 0 Å². The number of aromatic nitrogens is 5. The van der Waals surface area contributed by atoms with Gasteiger partial charge in [0, 0.05) is 18.7 Å². The minimum absolute atomic E-state index is 0.671. The van der Waals surface area contributed by atoms with Crippen LogP contribution < -0.4 is 5.32 Å². The van der Waals surface area contributed by atoms with Crippen molar-refractivity contribution >= 4 is 17.0 Å². The molecular formula is C22H24N6. The number of hydrogen-bond acceptors (Lipinski definition) is 5. The zero-order valence-corrected chi connectivity index (χ0v) is 16.0. The predicted molar refractivity (Wildman–Crippen MR) is 112 cm³/mol. The van der Waals surface area contributed by atoms with E-state index in [-0.39, 0.29) is 0 Å². The third kappa shape index (κ3) is 4.01. The molecule has 0 aliphatic carbocycles. The standard InChI is InChI=1S/C22H24N6/c1-2-3-10-15-28-22-19(26-27-28)21(23-16-17-11-6-4-7-12-17)24-20(25-22)18-13-8-5-9-14-18/h4-9,11-14H,2-3,10,15-16H2,1H3,(H,23,24,25). The second kappa shape index (κ2) is 8.61. The fourth-order valence-electron chi connectivity index (χ4n) is 3.14. The van der Waals surface area contributed by atoms with E-state index in [0.29, 0.717) is 17.9 Å². The van der Waals surface area contributed by atoms with Crippen LogP contribution >= 0.6 is 0 Å². The van der Waals surface area contributed by atoms with E-state index in [1.54, 1.807) is 0 Å². The van der Waals surface area contributed by atoms with Gasteiger partial charge < -0.3 is 5.32 Å². The van der Waals surface area contributed by atoms with Crippen molar-refractivity contribution in [3.05, 3.63) is 66.2 Å². The van der Waals surface area contributed by atoms with Crippen molar-refractivity contribution in [1.82, 2.24) is 25.0 Å². The monoisotopic (exact) mass is 372 g/mol. The van der Waals surface area contributed by atoms with E-state index in [0.717, 1.165) is 36.4 Å². The summed E-state index contributed by atoms with van der Waals surface area (Å²) in [6.45, 7) is 3.68. The maximum absolute atomic E-state index is 4.79. The molecule has 4 aromatic rings. The highest BCUT2D eigenvalue weighted by Crippen LogP contribution is 2.24. The number of aryl methyl sites for hydroxylation is 1. The van der Waals surface area contributed by atoms with E-state index in [9.17, 15) is 0 Å². The van der Waals surface area contributed by atoms with Crippen molar-refractivity contribution < 1.29 is 0 Å². The van der Waals surface area contributed by atoms with Crippen molar-refractivity contribution in [1.29, 1.82) is 0 Å². The number of nitrogens with zero attached hydrogens (tertiary/aromatic N) is 5. The Morgan fingerprint density at radius 2 is 1.64 bits per heavy atom. The maximum Gasteiger partial charge on any atom is 0.184 e. The summed E-state index contributed by atoms with van der Waals surface area (Å²) < 4.78 is 1.90. The first-order chi connectivity index (χ1) is 13.8. The molecule has 0 aliphatic rings. The van der Waals surface area contributed by atoms with Crippen molar-refractivity contribution in [2.45, 2.75) is 39.3 Å². The van der Waals surface area contributed by atoms with Crippen LogP contribution in [0.25, 0.3) is 22.6 Å². The van der Waals surface area contributed by atoms with Crippen molar-refractivity contribution in [2.24, 2.45) is 0 Å². The van der Waals surface area contributed by atoms with E-state index < -0.39 is 0 Å². The van der Waals surface area contributed by atoms with Crippen LogP contribution in [0.5, 0.6) is 0 Å². The molecule has 2 aromatic heterocycles. The third-order valence-electron chi connectivity index (χ3n) is 4.67. The van der Waals surface area contributed by atoms with Gasteiger partial charge in [0.2, 0.25) is 0 Å². The van der Waals surface area contributed by atoms with E-state index in [1.165, 1.54) is 12.0 Å². The molecule has 0 fully saturated rings. The summed E-state index contributed by atoms with van der Waals surface area (Å²) in [5, 5.41) is 12.1. The van der Waals surface area contributed by atoms with Crippen LogP contribution in [-0.2, 0) is 13.1 Å². The fourth-order valence-corrected chi connectivity index (χ4v) is 3.14. The molecule has 6 nitrogen and oxygen atoms in total. The molecule has 142 valence electrons. The van der Waals surface area contributed by atoms with Crippen LogP contribution in [0.3, 0.4) is 0 Å². The Balaban J connectivity index is 1.71. The largest absolute Gasteiger partial charge is 0.364 e. The van der Waals surface area contributed by atoms with Gasteiger partial charge in [-0.15, -0.1) is 5.10 Å². The van der Waals surface area contributed by atoms with Crippen LogP contribution in [0.2, 0.25) is 0 Å². The quantitative estimate of drug-likeness (QED) is 0.454. The lowest BCUT2D eigenvalue weighted by molar-refractivity contribution is 0.547. The molecule has 28 heavy (non-hydrogen) atoms. The number of benzene rings is 2.